The predicted octanol–water partition coefficient (Wildman–Crippen LogP) is 2.49. The summed E-state index contributed by atoms with van der Waals surface area (Å²) in [6.45, 7) is 2.50. The summed E-state index contributed by atoms with van der Waals surface area (Å²) in [5, 5.41) is 3.48. The zero-order chi connectivity index (χ0) is 16.8. The highest BCUT2D eigenvalue weighted by molar-refractivity contribution is 7.99. The molecule has 4 heterocycles. The number of nitrogens with one attached hydrogen (secondary N) is 1. The molecular weight excluding hydrogens is 348 g/mol. The molecule has 2 aliphatic heterocycles. The smallest absolute Gasteiger partial charge is 0.223 e. The van der Waals surface area contributed by atoms with Crippen LogP contribution >= 0.6 is 23.4 Å². The number of hydrogen-bond donors (Lipinski definition) is 2. The average Bonchev–Trinajstić information content (AvgIpc) is 2.90. The molecule has 0 amide bonds. The molecule has 0 bridgehead atoms. The van der Waals surface area contributed by atoms with Gasteiger partial charge in [-0.1, -0.05) is 11.6 Å². The third-order valence-electron chi connectivity index (χ3n) is 4.31. The number of nitrogen functional groups attached to an aromatic ring is 1. The molecule has 2 aliphatic rings. The van der Waals surface area contributed by atoms with Crippen molar-refractivity contribution in [1.29, 1.82) is 0 Å². The Morgan fingerprint density at radius 3 is 3.12 bits per heavy atom. The van der Waals surface area contributed by atoms with E-state index in [0.29, 0.717) is 23.3 Å². The minimum absolute atomic E-state index is 0.228. The fraction of sp³-hybridized carbons (Fsp3) is 0.400. The van der Waals surface area contributed by atoms with Gasteiger partial charge in [-0.3, -0.25) is 9.99 Å². The predicted molar refractivity (Wildman–Crippen MR) is 94.4 cm³/mol. The molecule has 126 valence electrons. The van der Waals surface area contributed by atoms with Crippen molar-refractivity contribution in [2.24, 2.45) is 0 Å². The lowest BCUT2D eigenvalue weighted by Crippen LogP contribution is -2.35. The highest BCUT2D eigenvalue weighted by Gasteiger charge is 2.36. The second-order valence-corrected chi connectivity index (χ2v) is 7.23. The normalized spacial score (nSPS) is 18.6. The van der Waals surface area contributed by atoms with E-state index in [4.69, 9.17) is 22.1 Å². The van der Waals surface area contributed by atoms with Crippen molar-refractivity contribution in [3.63, 3.8) is 0 Å². The summed E-state index contributed by atoms with van der Waals surface area (Å²) in [7, 11) is 1.61. The number of pyridine rings is 1. The summed E-state index contributed by atoms with van der Waals surface area (Å²) in [4.78, 5) is 13.3. The van der Waals surface area contributed by atoms with Crippen LogP contribution in [0.25, 0.3) is 0 Å². The third-order valence-corrected chi connectivity index (χ3v) is 5.60. The van der Waals surface area contributed by atoms with E-state index >= 15 is 0 Å². The molecule has 2 aromatic rings. The molecular formula is C15H17ClN6OS. The second-order valence-electron chi connectivity index (χ2n) is 5.74. The number of hydrogen-bond acceptors (Lipinski definition) is 8. The number of thioether (sulfide) groups is 1. The molecule has 1 unspecified atom stereocenters. The summed E-state index contributed by atoms with van der Waals surface area (Å²) in [5.74, 6) is 2.80. The molecule has 0 saturated heterocycles. The van der Waals surface area contributed by atoms with Crippen molar-refractivity contribution in [3.8, 4) is 5.75 Å². The minimum Gasteiger partial charge on any atom is -0.495 e. The summed E-state index contributed by atoms with van der Waals surface area (Å²) in [5.41, 5.74) is 12.3. The molecule has 0 radical (unpaired) electrons. The van der Waals surface area contributed by atoms with Gasteiger partial charge in [-0.05, 0) is 13.3 Å². The highest BCUT2D eigenvalue weighted by Crippen LogP contribution is 2.44. The number of rotatable bonds is 3. The van der Waals surface area contributed by atoms with Gasteiger partial charge in [-0.2, -0.15) is 4.98 Å². The van der Waals surface area contributed by atoms with Crippen LogP contribution < -0.4 is 20.9 Å². The largest absolute Gasteiger partial charge is 0.495 e. The molecule has 0 spiro atoms. The maximum absolute atomic E-state index is 6.14. The van der Waals surface area contributed by atoms with Crippen molar-refractivity contribution < 1.29 is 4.74 Å². The lowest BCUT2D eigenvalue weighted by molar-refractivity contribution is 0.410. The van der Waals surface area contributed by atoms with Crippen LogP contribution in [0.1, 0.15) is 29.3 Å². The highest BCUT2D eigenvalue weighted by atomic mass is 35.5. The maximum atomic E-state index is 6.14. The van der Waals surface area contributed by atoms with Gasteiger partial charge in [-0.25, -0.2) is 10.4 Å². The zero-order valence-corrected chi connectivity index (χ0v) is 14.9. The van der Waals surface area contributed by atoms with Gasteiger partial charge < -0.3 is 10.5 Å². The molecule has 1 atom stereocenters. The summed E-state index contributed by atoms with van der Waals surface area (Å²) in [6.07, 6.45) is 2.65. The average molecular weight is 365 g/mol. The van der Waals surface area contributed by atoms with Crippen LogP contribution in [-0.2, 0) is 6.54 Å². The third kappa shape index (κ3) is 2.45. The Morgan fingerprint density at radius 1 is 1.50 bits per heavy atom. The molecule has 0 aliphatic carbocycles. The van der Waals surface area contributed by atoms with E-state index in [1.165, 1.54) is 0 Å². The number of aromatic nitrogens is 3. The molecule has 2 aromatic heterocycles. The number of methoxy groups -OCH3 is 1. The molecule has 24 heavy (non-hydrogen) atoms. The summed E-state index contributed by atoms with van der Waals surface area (Å²) in [6, 6.07) is 0.228. The van der Waals surface area contributed by atoms with Crippen molar-refractivity contribution in [2.75, 3.05) is 23.6 Å². The topological polar surface area (TPSA) is 89.2 Å². The fourth-order valence-corrected chi connectivity index (χ4v) is 4.51. The van der Waals surface area contributed by atoms with E-state index in [9.17, 15) is 0 Å². The number of ether oxygens (including phenoxy) is 1. The van der Waals surface area contributed by atoms with Crippen LogP contribution in [0.4, 0.5) is 11.8 Å². The standard InChI is InChI=1S/C15H17ClN6OS/c1-7-10(18-5-8(16)12(7)23-2)6-22-13-11-9(21-22)3-4-24-14(11)20-15(17)19-13/h5,9,21H,3-4,6H2,1-2H3,(H2,17,19,20). The first-order chi connectivity index (χ1) is 11.6. The Morgan fingerprint density at radius 2 is 2.33 bits per heavy atom. The van der Waals surface area contributed by atoms with Gasteiger partial charge in [0.15, 0.2) is 5.82 Å². The minimum atomic E-state index is 0.228. The molecule has 7 nitrogen and oxygen atoms in total. The molecule has 4 rings (SSSR count). The lowest BCUT2D eigenvalue weighted by Gasteiger charge is -2.21. The van der Waals surface area contributed by atoms with E-state index in [1.807, 2.05) is 11.9 Å². The van der Waals surface area contributed by atoms with Gasteiger partial charge in [0.25, 0.3) is 0 Å². The first-order valence-electron chi connectivity index (χ1n) is 7.60. The lowest BCUT2D eigenvalue weighted by atomic mass is 10.1. The van der Waals surface area contributed by atoms with Gasteiger partial charge in [0.05, 0.1) is 25.4 Å². The van der Waals surface area contributed by atoms with Crippen molar-refractivity contribution in [1.82, 2.24) is 20.4 Å². The van der Waals surface area contributed by atoms with Crippen LogP contribution in [0.15, 0.2) is 11.2 Å². The van der Waals surface area contributed by atoms with Gasteiger partial charge in [0.1, 0.15) is 15.8 Å². The number of hydrazine groups is 1. The SMILES string of the molecule is COc1c(Cl)cnc(CN2NC3CCSc4nc(N)nc2c43)c1C. The van der Waals surface area contributed by atoms with Crippen molar-refractivity contribution >= 4 is 35.1 Å². The number of nitrogens with two attached hydrogens (primary N) is 1. The van der Waals surface area contributed by atoms with Gasteiger partial charge >= 0.3 is 0 Å². The first-order valence-corrected chi connectivity index (χ1v) is 8.96. The van der Waals surface area contributed by atoms with Crippen LogP contribution in [0.5, 0.6) is 5.75 Å². The quantitative estimate of drug-likeness (QED) is 0.803. The Kier molecular flexibility index (Phi) is 3.90. The van der Waals surface area contributed by atoms with E-state index in [2.05, 4.69) is 20.4 Å². The van der Waals surface area contributed by atoms with Gasteiger partial charge in [0.2, 0.25) is 5.95 Å². The second kappa shape index (κ2) is 5.94. The Bertz CT molecular complexity index is 817. The molecule has 3 N–H and O–H groups in total. The molecule has 0 saturated carbocycles. The fourth-order valence-electron chi connectivity index (χ4n) is 3.15. The summed E-state index contributed by atoms with van der Waals surface area (Å²) >= 11 is 7.87. The Balaban J connectivity index is 1.71. The maximum Gasteiger partial charge on any atom is 0.223 e. The van der Waals surface area contributed by atoms with Crippen LogP contribution in [-0.4, -0.2) is 27.8 Å². The summed E-state index contributed by atoms with van der Waals surface area (Å²) < 4.78 is 5.38. The molecule has 0 fully saturated rings. The van der Waals surface area contributed by atoms with Crippen LogP contribution in [0.2, 0.25) is 5.02 Å². The van der Waals surface area contributed by atoms with E-state index in [1.54, 1.807) is 25.1 Å². The number of anilines is 2. The first kappa shape index (κ1) is 15.7. The zero-order valence-electron chi connectivity index (χ0n) is 13.3. The molecule has 9 heteroatoms. The van der Waals surface area contributed by atoms with E-state index < -0.39 is 0 Å². The van der Waals surface area contributed by atoms with Crippen molar-refractivity contribution in [2.45, 2.75) is 31.0 Å². The Labute approximate surface area is 148 Å². The number of halogens is 1. The van der Waals surface area contributed by atoms with Crippen LogP contribution in [0, 0.1) is 6.92 Å². The van der Waals surface area contributed by atoms with Gasteiger partial charge in [-0.15, -0.1) is 11.8 Å². The van der Waals surface area contributed by atoms with Crippen molar-refractivity contribution in [3.05, 3.63) is 28.0 Å². The van der Waals surface area contributed by atoms with E-state index in [0.717, 1.165) is 39.8 Å². The van der Waals surface area contributed by atoms with E-state index in [-0.39, 0.29) is 6.04 Å². The monoisotopic (exact) mass is 364 g/mol. The molecule has 0 aromatic carbocycles. The Hall–Kier alpha value is -1.77. The number of nitrogens with zero attached hydrogens (tertiary/aromatic N) is 4. The van der Waals surface area contributed by atoms with Gasteiger partial charge in [0, 0.05) is 23.1 Å². The van der Waals surface area contributed by atoms with Crippen LogP contribution in [0.3, 0.4) is 0 Å².